The van der Waals surface area contributed by atoms with Crippen LogP contribution in [-0.2, 0) is 15.7 Å². The van der Waals surface area contributed by atoms with Crippen LogP contribution in [0.4, 0.5) is 0 Å². The summed E-state index contributed by atoms with van der Waals surface area (Å²) < 4.78 is 0. The molecule has 0 aromatic heterocycles. The Morgan fingerprint density at radius 1 is 1.09 bits per heavy atom. The summed E-state index contributed by atoms with van der Waals surface area (Å²) in [5.41, 5.74) is 7.90. The SMILES string of the molecule is CC(C)(C(=O)NC1CCCCCC1)c1ccc(C2(N)CC2)cc1. The van der Waals surface area contributed by atoms with Gasteiger partial charge in [0.15, 0.2) is 0 Å². The van der Waals surface area contributed by atoms with Crippen molar-refractivity contribution < 1.29 is 4.79 Å². The minimum Gasteiger partial charge on any atom is -0.353 e. The largest absolute Gasteiger partial charge is 0.353 e. The van der Waals surface area contributed by atoms with Crippen LogP contribution in [0.1, 0.15) is 76.3 Å². The second-order valence-electron chi connectivity index (χ2n) is 8.02. The first-order chi connectivity index (χ1) is 10.9. The summed E-state index contributed by atoms with van der Waals surface area (Å²) in [6, 6.07) is 8.71. The molecule has 0 radical (unpaired) electrons. The summed E-state index contributed by atoms with van der Waals surface area (Å²) in [7, 11) is 0. The monoisotopic (exact) mass is 314 g/mol. The zero-order chi connectivity index (χ0) is 16.5. The maximum atomic E-state index is 12.8. The van der Waals surface area contributed by atoms with Crippen molar-refractivity contribution in [2.75, 3.05) is 0 Å². The molecule has 0 heterocycles. The van der Waals surface area contributed by atoms with E-state index in [9.17, 15) is 4.79 Å². The topological polar surface area (TPSA) is 55.1 Å². The van der Waals surface area contributed by atoms with Crippen LogP contribution in [0.15, 0.2) is 24.3 Å². The third kappa shape index (κ3) is 3.60. The number of benzene rings is 1. The molecule has 3 nitrogen and oxygen atoms in total. The van der Waals surface area contributed by atoms with Crippen LogP contribution in [0.5, 0.6) is 0 Å². The van der Waals surface area contributed by atoms with Gasteiger partial charge in [-0.15, -0.1) is 0 Å². The van der Waals surface area contributed by atoms with E-state index >= 15 is 0 Å². The highest BCUT2D eigenvalue weighted by Crippen LogP contribution is 2.43. The number of nitrogens with one attached hydrogen (secondary N) is 1. The second-order valence-corrected chi connectivity index (χ2v) is 8.02. The van der Waals surface area contributed by atoms with Gasteiger partial charge in [0.25, 0.3) is 0 Å². The van der Waals surface area contributed by atoms with E-state index in [2.05, 4.69) is 29.6 Å². The molecule has 0 spiro atoms. The molecule has 1 aromatic rings. The molecular weight excluding hydrogens is 284 g/mol. The highest BCUT2D eigenvalue weighted by Gasteiger charge is 2.40. The Bertz CT molecular complexity index is 550. The van der Waals surface area contributed by atoms with Crippen molar-refractivity contribution in [1.82, 2.24) is 5.32 Å². The lowest BCUT2D eigenvalue weighted by Gasteiger charge is -2.28. The average Bonchev–Trinajstić information content (AvgIpc) is 3.32. The molecule has 2 aliphatic carbocycles. The van der Waals surface area contributed by atoms with E-state index in [1.807, 2.05) is 13.8 Å². The molecule has 3 N–H and O–H groups in total. The van der Waals surface area contributed by atoms with Crippen LogP contribution in [0.2, 0.25) is 0 Å². The minimum atomic E-state index is -0.504. The van der Waals surface area contributed by atoms with Crippen molar-refractivity contribution in [3.05, 3.63) is 35.4 Å². The molecule has 0 unspecified atom stereocenters. The fraction of sp³-hybridized carbons (Fsp3) is 0.650. The van der Waals surface area contributed by atoms with Gasteiger partial charge in [0.1, 0.15) is 0 Å². The average molecular weight is 314 g/mol. The molecule has 2 saturated carbocycles. The van der Waals surface area contributed by atoms with Crippen LogP contribution in [0, 0.1) is 0 Å². The third-order valence-electron chi connectivity index (χ3n) is 5.73. The van der Waals surface area contributed by atoms with E-state index in [1.54, 1.807) is 0 Å². The fourth-order valence-corrected chi connectivity index (χ4v) is 3.56. The molecule has 2 aliphatic rings. The van der Waals surface area contributed by atoms with Gasteiger partial charge in [0, 0.05) is 11.6 Å². The van der Waals surface area contributed by atoms with E-state index in [0.29, 0.717) is 6.04 Å². The molecule has 126 valence electrons. The highest BCUT2D eigenvalue weighted by molar-refractivity contribution is 5.87. The van der Waals surface area contributed by atoms with Crippen molar-refractivity contribution in [2.45, 2.75) is 82.2 Å². The van der Waals surface area contributed by atoms with Crippen LogP contribution in [0.3, 0.4) is 0 Å². The first-order valence-corrected chi connectivity index (χ1v) is 9.13. The van der Waals surface area contributed by atoms with Gasteiger partial charge in [-0.3, -0.25) is 4.79 Å². The Morgan fingerprint density at radius 2 is 1.65 bits per heavy atom. The molecule has 0 atom stereocenters. The summed E-state index contributed by atoms with van der Waals surface area (Å²) in [5, 5.41) is 3.29. The van der Waals surface area contributed by atoms with Gasteiger partial charge in [-0.2, -0.15) is 0 Å². The summed E-state index contributed by atoms with van der Waals surface area (Å²) in [6.07, 6.45) is 9.45. The number of hydrogen-bond donors (Lipinski definition) is 2. The molecule has 23 heavy (non-hydrogen) atoms. The lowest BCUT2D eigenvalue weighted by atomic mass is 9.82. The van der Waals surface area contributed by atoms with E-state index in [4.69, 9.17) is 5.73 Å². The number of amides is 1. The second kappa shape index (κ2) is 6.27. The number of carbonyl (C=O) groups excluding carboxylic acids is 1. The highest BCUT2D eigenvalue weighted by atomic mass is 16.2. The maximum Gasteiger partial charge on any atom is 0.230 e. The maximum absolute atomic E-state index is 12.8. The van der Waals surface area contributed by atoms with Gasteiger partial charge in [-0.1, -0.05) is 49.9 Å². The lowest BCUT2D eigenvalue weighted by Crippen LogP contribution is -2.45. The Morgan fingerprint density at radius 3 is 2.17 bits per heavy atom. The number of hydrogen-bond acceptors (Lipinski definition) is 2. The molecule has 0 bridgehead atoms. The number of nitrogens with two attached hydrogens (primary N) is 1. The van der Waals surface area contributed by atoms with Crippen molar-refractivity contribution in [3.63, 3.8) is 0 Å². The van der Waals surface area contributed by atoms with Gasteiger partial charge in [-0.25, -0.2) is 0 Å². The normalized spacial score (nSPS) is 21.5. The van der Waals surface area contributed by atoms with Crippen LogP contribution < -0.4 is 11.1 Å². The van der Waals surface area contributed by atoms with E-state index in [-0.39, 0.29) is 11.4 Å². The van der Waals surface area contributed by atoms with Gasteiger partial charge in [0.2, 0.25) is 5.91 Å². The molecule has 2 fully saturated rings. The molecule has 1 aromatic carbocycles. The van der Waals surface area contributed by atoms with Crippen molar-refractivity contribution in [1.29, 1.82) is 0 Å². The van der Waals surface area contributed by atoms with Gasteiger partial charge in [0.05, 0.1) is 5.41 Å². The van der Waals surface area contributed by atoms with Crippen LogP contribution >= 0.6 is 0 Å². The van der Waals surface area contributed by atoms with E-state index in [0.717, 1.165) is 31.2 Å². The standard InChI is InChI=1S/C20H30N2O/c1-19(2,18(23)22-17-7-5-3-4-6-8-17)15-9-11-16(12-10-15)20(21)13-14-20/h9-12,17H,3-8,13-14,21H2,1-2H3,(H,22,23). The Kier molecular flexibility index (Phi) is 4.50. The summed E-state index contributed by atoms with van der Waals surface area (Å²) in [4.78, 5) is 12.8. The predicted molar refractivity (Wildman–Crippen MR) is 94.2 cm³/mol. The van der Waals surface area contributed by atoms with Crippen molar-refractivity contribution in [3.8, 4) is 0 Å². The van der Waals surface area contributed by atoms with Crippen molar-refractivity contribution in [2.24, 2.45) is 5.73 Å². The Balaban J connectivity index is 1.68. The van der Waals surface area contributed by atoms with Gasteiger partial charge < -0.3 is 11.1 Å². The molecule has 0 aliphatic heterocycles. The molecule has 1 amide bonds. The quantitative estimate of drug-likeness (QED) is 0.832. The number of rotatable bonds is 4. The lowest BCUT2D eigenvalue weighted by molar-refractivity contribution is -0.126. The fourth-order valence-electron chi connectivity index (χ4n) is 3.56. The zero-order valence-corrected chi connectivity index (χ0v) is 14.5. The van der Waals surface area contributed by atoms with Crippen LogP contribution in [-0.4, -0.2) is 11.9 Å². The predicted octanol–water partition coefficient (Wildman–Crippen LogP) is 3.75. The summed E-state index contributed by atoms with van der Waals surface area (Å²) in [6.45, 7) is 4.03. The third-order valence-corrected chi connectivity index (χ3v) is 5.73. The smallest absolute Gasteiger partial charge is 0.230 e. The first-order valence-electron chi connectivity index (χ1n) is 9.13. The van der Waals surface area contributed by atoms with E-state index < -0.39 is 5.41 Å². The van der Waals surface area contributed by atoms with Gasteiger partial charge in [-0.05, 0) is 50.7 Å². The van der Waals surface area contributed by atoms with Crippen molar-refractivity contribution >= 4 is 5.91 Å². The molecule has 3 rings (SSSR count). The van der Waals surface area contributed by atoms with Crippen LogP contribution in [0.25, 0.3) is 0 Å². The summed E-state index contributed by atoms with van der Waals surface area (Å²) in [5.74, 6) is 0.144. The Hall–Kier alpha value is -1.35. The first kappa shape index (κ1) is 16.5. The molecule has 3 heteroatoms. The molecular formula is C20H30N2O. The van der Waals surface area contributed by atoms with Gasteiger partial charge >= 0.3 is 0 Å². The minimum absolute atomic E-state index is 0.106. The Labute approximate surface area is 140 Å². The number of carbonyl (C=O) groups is 1. The zero-order valence-electron chi connectivity index (χ0n) is 14.5. The van der Waals surface area contributed by atoms with E-state index in [1.165, 1.54) is 31.2 Å². The summed E-state index contributed by atoms with van der Waals surface area (Å²) >= 11 is 0. The molecule has 0 saturated heterocycles.